The number of rotatable bonds is 0. The van der Waals surface area contributed by atoms with Crippen LogP contribution in [0.5, 0.6) is 0 Å². The number of hydrogen-bond acceptors (Lipinski definition) is 0. The average Bonchev–Trinajstić information content (AvgIpc) is 2.68. The molecule has 0 fully saturated rings. The lowest BCUT2D eigenvalue weighted by molar-refractivity contribution is 1.25. The molecule has 3 rings (SSSR count). The summed E-state index contributed by atoms with van der Waals surface area (Å²) in [5.74, 6) is 0. The summed E-state index contributed by atoms with van der Waals surface area (Å²) in [6.07, 6.45) is 1.05. The van der Waals surface area contributed by atoms with Crippen LogP contribution in [0.15, 0.2) is 39.3 Å². The molecule has 94 valence electrons. The van der Waals surface area contributed by atoms with Crippen LogP contribution in [0.3, 0.4) is 0 Å². The van der Waals surface area contributed by atoms with Gasteiger partial charge >= 0.3 is 0 Å². The number of fused-ring (bicyclic) bond motifs is 3. The maximum atomic E-state index is 3.57. The lowest BCUT2D eigenvalue weighted by atomic mass is 10.0. The Kier molecular flexibility index (Phi) is 4.29. The van der Waals surface area contributed by atoms with Gasteiger partial charge in [-0.3, -0.25) is 0 Å². The first-order valence-electron chi connectivity index (χ1n) is 6.23. The van der Waals surface area contributed by atoms with Gasteiger partial charge in [-0.05, 0) is 65.4 Å². The second-order valence-corrected chi connectivity index (χ2v) is 6.07. The Morgan fingerprint density at radius 1 is 0.889 bits per heavy atom. The van der Waals surface area contributed by atoms with Crippen LogP contribution in [0.25, 0.3) is 11.1 Å². The van der Waals surface area contributed by atoms with E-state index >= 15 is 0 Å². The van der Waals surface area contributed by atoms with Crippen LogP contribution in [0, 0.1) is 6.92 Å². The molecule has 0 unspecified atom stereocenters. The minimum atomic E-state index is 1.05. The van der Waals surface area contributed by atoms with E-state index in [4.69, 9.17) is 0 Å². The van der Waals surface area contributed by atoms with Crippen molar-refractivity contribution in [3.63, 3.8) is 0 Å². The lowest BCUT2D eigenvalue weighted by Crippen LogP contribution is -1.84. The van der Waals surface area contributed by atoms with Crippen LogP contribution in [0.2, 0.25) is 0 Å². The predicted octanol–water partition coefficient (Wildman–Crippen LogP) is 6.12. The van der Waals surface area contributed by atoms with Crippen molar-refractivity contribution in [2.75, 3.05) is 0 Å². The normalized spacial score (nSPS) is 11.4. The third kappa shape index (κ3) is 2.41. The van der Waals surface area contributed by atoms with Crippen molar-refractivity contribution in [1.29, 1.82) is 0 Å². The number of hydrogen-bond donors (Lipinski definition) is 0. The molecule has 0 amide bonds. The summed E-state index contributed by atoms with van der Waals surface area (Å²) in [7, 11) is 0. The van der Waals surface area contributed by atoms with Gasteiger partial charge in [0, 0.05) is 8.95 Å². The standard InChI is InChI=1S/C14H10Br2.C2H6/c1-8-4-12(16)7-10-5-9-6-11(15)2-3-13(9)14(8)10;1-2/h2-4,6-7H,5H2,1H3;1-2H3. The topological polar surface area (TPSA) is 0 Å². The SMILES string of the molecule is CC.Cc1cc(Br)cc2c1-c1ccc(Br)cc1C2. The molecule has 0 saturated heterocycles. The van der Waals surface area contributed by atoms with Crippen molar-refractivity contribution >= 4 is 31.9 Å². The van der Waals surface area contributed by atoms with Crippen LogP contribution in [-0.4, -0.2) is 0 Å². The summed E-state index contributed by atoms with van der Waals surface area (Å²) in [4.78, 5) is 0. The minimum Gasteiger partial charge on any atom is -0.0683 e. The third-order valence-electron chi connectivity index (χ3n) is 3.10. The van der Waals surface area contributed by atoms with Gasteiger partial charge in [0.15, 0.2) is 0 Å². The molecule has 2 aromatic carbocycles. The van der Waals surface area contributed by atoms with E-state index < -0.39 is 0 Å². The first-order valence-corrected chi connectivity index (χ1v) is 7.81. The van der Waals surface area contributed by atoms with Crippen molar-refractivity contribution in [3.8, 4) is 11.1 Å². The Labute approximate surface area is 126 Å². The summed E-state index contributed by atoms with van der Waals surface area (Å²) in [5, 5.41) is 0. The van der Waals surface area contributed by atoms with E-state index in [0.29, 0.717) is 0 Å². The monoisotopic (exact) mass is 366 g/mol. The second kappa shape index (κ2) is 5.58. The highest BCUT2D eigenvalue weighted by Gasteiger charge is 2.20. The van der Waals surface area contributed by atoms with Crippen LogP contribution in [0.4, 0.5) is 0 Å². The molecule has 1 aliphatic carbocycles. The van der Waals surface area contributed by atoms with Crippen LogP contribution < -0.4 is 0 Å². The van der Waals surface area contributed by atoms with Crippen LogP contribution in [0.1, 0.15) is 30.5 Å². The fourth-order valence-electron chi connectivity index (χ4n) is 2.49. The second-order valence-electron chi connectivity index (χ2n) is 4.24. The summed E-state index contributed by atoms with van der Waals surface area (Å²) in [6, 6.07) is 11.0. The Bertz CT molecular complexity index is 586. The maximum Gasteiger partial charge on any atom is 0.0181 e. The molecule has 1 aliphatic rings. The van der Waals surface area contributed by atoms with Crippen molar-refractivity contribution in [2.45, 2.75) is 27.2 Å². The molecule has 0 aliphatic heterocycles. The molecule has 2 heteroatoms. The Balaban J connectivity index is 0.000000574. The van der Waals surface area contributed by atoms with E-state index in [1.165, 1.54) is 32.3 Å². The zero-order valence-corrected chi connectivity index (χ0v) is 14.0. The molecule has 0 N–H and O–H groups in total. The van der Waals surface area contributed by atoms with E-state index in [-0.39, 0.29) is 0 Å². The summed E-state index contributed by atoms with van der Waals surface area (Å²) in [6.45, 7) is 6.18. The quantitative estimate of drug-likeness (QED) is 0.449. The molecule has 0 heterocycles. The van der Waals surface area contributed by atoms with Crippen LogP contribution in [-0.2, 0) is 6.42 Å². The first-order chi connectivity index (χ1) is 8.65. The molecule has 2 aromatic rings. The van der Waals surface area contributed by atoms with Gasteiger partial charge in [0.2, 0.25) is 0 Å². The van der Waals surface area contributed by atoms with Crippen molar-refractivity contribution < 1.29 is 0 Å². The van der Waals surface area contributed by atoms with Crippen LogP contribution >= 0.6 is 31.9 Å². The molecule has 18 heavy (non-hydrogen) atoms. The smallest absolute Gasteiger partial charge is 0.0181 e. The third-order valence-corrected chi connectivity index (χ3v) is 4.05. The molecule has 0 bridgehead atoms. The van der Waals surface area contributed by atoms with E-state index in [9.17, 15) is 0 Å². The highest BCUT2D eigenvalue weighted by atomic mass is 79.9. The van der Waals surface area contributed by atoms with Crippen molar-refractivity contribution in [1.82, 2.24) is 0 Å². The van der Waals surface area contributed by atoms with Crippen molar-refractivity contribution in [2.24, 2.45) is 0 Å². The minimum absolute atomic E-state index is 1.05. The molecule has 0 radical (unpaired) electrons. The first kappa shape index (κ1) is 13.8. The van der Waals surface area contributed by atoms with Gasteiger partial charge in [-0.2, -0.15) is 0 Å². The van der Waals surface area contributed by atoms with E-state index in [2.05, 4.69) is 69.1 Å². The van der Waals surface area contributed by atoms with Crippen molar-refractivity contribution in [3.05, 3.63) is 56.0 Å². The predicted molar refractivity (Wildman–Crippen MR) is 86.2 cm³/mol. The molecular formula is C16H16Br2. The fourth-order valence-corrected chi connectivity index (χ4v) is 3.52. The average molecular weight is 368 g/mol. The van der Waals surface area contributed by atoms with E-state index in [1.807, 2.05) is 13.8 Å². The van der Waals surface area contributed by atoms with Gasteiger partial charge in [-0.25, -0.2) is 0 Å². The largest absolute Gasteiger partial charge is 0.0683 e. The highest BCUT2D eigenvalue weighted by molar-refractivity contribution is 9.10. The zero-order chi connectivity index (χ0) is 13.3. The molecule has 0 spiro atoms. The lowest BCUT2D eigenvalue weighted by Gasteiger charge is -2.06. The van der Waals surface area contributed by atoms with Gasteiger partial charge < -0.3 is 0 Å². The van der Waals surface area contributed by atoms with Gasteiger partial charge in [0.05, 0.1) is 0 Å². The Hall–Kier alpha value is -0.600. The van der Waals surface area contributed by atoms with E-state index in [0.717, 1.165) is 10.9 Å². The zero-order valence-electron chi connectivity index (χ0n) is 10.8. The molecule has 0 nitrogen and oxygen atoms in total. The Morgan fingerprint density at radius 2 is 1.56 bits per heavy atom. The maximum absolute atomic E-state index is 3.57. The Morgan fingerprint density at radius 3 is 2.28 bits per heavy atom. The summed E-state index contributed by atoms with van der Waals surface area (Å²) < 4.78 is 2.34. The summed E-state index contributed by atoms with van der Waals surface area (Å²) in [5.41, 5.74) is 7.02. The fraction of sp³-hybridized carbons (Fsp3) is 0.250. The van der Waals surface area contributed by atoms with Gasteiger partial charge in [0.1, 0.15) is 0 Å². The summed E-state index contributed by atoms with van der Waals surface area (Å²) >= 11 is 7.10. The molecule has 0 atom stereocenters. The molecular weight excluding hydrogens is 352 g/mol. The number of halogens is 2. The highest BCUT2D eigenvalue weighted by Crippen LogP contribution is 2.41. The molecule has 0 saturated carbocycles. The van der Waals surface area contributed by atoms with Gasteiger partial charge in [-0.1, -0.05) is 51.8 Å². The van der Waals surface area contributed by atoms with Gasteiger partial charge in [-0.15, -0.1) is 0 Å². The van der Waals surface area contributed by atoms with Gasteiger partial charge in [0.25, 0.3) is 0 Å². The number of aryl methyl sites for hydroxylation is 1. The number of benzene rings is 2. The van der Waals surface area contributed by atoms with E-state index in [1.54, 1.807) is 0 Å². The molecule has 0 aromatic heterocycles.